The number of amides is 3. The van der Waals surface area contributed by atoms with Gasteiger partial charge in [-0.15, -0.1) is 0 Å². The monoisotopic (exact) mass is 590 g/mol. The molecular weight excluding hydrogens is 556 g/mol. The predicted octanol–water partition coefficient (Wildman–Crippen LogP) is 6.35. The Morgan fingerprint density at radius 3 is 2.38 bits per heavy atom. The zero-order valence-corrected chi connectivity index (χ0v) is 24.9. The van der Waals surface area contributed by atoms with Gasteiger partial charge in [0.1, 0.15) is 6.61 Å². The molecule has 0 aromatic heterocycles. The molecule has 0 spiro atoms. The third kappa shape index (κ3) is 7.64. The molecule has 9 nitrogen and oxygen atoms in total. The highest BCUT2D eigenvalue weighted by Crippen LogP contribution is 2.35. The molecule has 1 saturated heterocycles. The molecule has 0 radical (unpaired) electrons. The third-order valence-electron chi connectivity index (χ3n) is 6.30. The standard InChI is InChI=1S/C32H34N2O7S/c1-5-39-28-18-22(14-15-27(28)41-20-30(35)33-24-11-7-6-10-23(24)21(2)3)19-29-31(36)34(32(37)42-29)16-17-40-26-13-9-8-12-25(26)38-4/h6-15,18-19,21H,5,16-17,20H2,1-4H3,(H,33,35)/b29-19-. The number of nitrogens with one attached hydrogen (secondary N) is 1. The molecular formula is C32H34N2O7S. The molecule has 1 heterocycles. The van der Waals surface area contributed by atoms with Gasteiger partial charge in [0.15, 0.2) is 29.6 Å². The fourth-order valence-corrected chi connectivity index (χ4v) is 5.14. The van der Waals surface area contributed by atoms with Crippen LogP contribution in [0.25, 0.3) is 6.08 Å². The first-order valence-electron chi connectivity index (χ1n) is 13.6. The summed E-state index contributed by atoms with van der Waals surface area (Å²) < 4.78 is 22.5. The first-order chi connectivity index (χ1) is 20.3. The van der Waals surface area contributed by atoms with Crippen molar-refractivity contribution in [3.63, 3.8) is 0 Å². The normalized spacial score (nSPS) is 13.9. The summed E-state index contributed by atoms with van der Waals surface area (Å²) in [5, 5.41) is 2.54. The maximum atomic E-state index is 13.0. The number of benzene rings is 3. The fourth-order valence-electron chi connectivity index (χ4n) is 4.27. The minimum Gasteiger partial charge on any atom is -0.493 e. The summed E-state index contributed by atoms with van der Waals surface area (Å²) in [6.45, 7) is 6.36. The minimum atomic E-state index is -0.398. The molecule has 220 valence electrons. The van der Waals surface area contributed by atoms with Gasteiger partial charge in [0.05, 0.1) is 25.2 Å². The van der Waals surface area contributed by atoms with Gasteiger partial charge < -0.3 is 24.3 Å². The van der Waals surface area contributed by atoms with Crippen LogP contribution in [0.2, 0.25) is 0 Å². The molecule has 3 amide bonds. The summed E-state index contributed by atoms with van der Waals surface area (Å²) in [4.78, 5) is 39.6. The summed E-state index contributed by atoms with van der Waals surface area (Å²) in [6.07, 6.45) is 1.63. The molecule has 10 heteroatoms. The van der Waals surface area contributed by atoms with E-state index in [2.05, 4.69) is 19.2 Å². The van der Waals surface area contributed by atoms with E-state index in [1.165, 1.54) is 0 Å². The predicted molar refractivity (Wildman–Crippen MR) is 163 cm³/mol. The second kappa shape index (κ2) is 14.5. The van der Waals surface area contributed by atoms with E-state index in [9.17, 15) is 14.4 Å². The van der Waals surface area contributed by atoms with Gasteiger partial charge in [-0.1, -0.05) is 50.2 Å². The number of thioether (sulfide) groups is 1. The quantitative estimate of drug-likeness (QED) is 0.230. The Hall–Kier alpha value is -4.44. The fraction of sp³-hybridized carbons (Fsp3) is 0.281. The van der Waals surface area contributed by atoms with E-state index in [1.807, 2.05) is 43.3 Å². The SMILES string of the molecule is CCOc1cc(/C=C2\SC(=O)N(CCOc3ccccc3OC)C2=O)ccc1OCC(=O)Nc1ccccc1C(C)C. The molecule has 1 N–H and O–H groups in total. The van der Waals surface area contributed by atoms with Gasteiger partial charge in [0, 0.05) is 5.69 Å². The van der Waals surface area contributed by atoms with Crippen LogP contribution in [-0.2, 0) is 9.59 Å². The first-order valence-corrected chi connectivity index (χ1v) is 14.4. The van der Waals surface area contributed by atoms with Gasteiger partial charge in [-0.3, -0.25) is 19.3 Å². The maximum absolute atomic E-state index is 13.0. The van der Waals surface area contributed by atoms with Crippen molar-refractivity contribution in [2.24, 2.45) is 0 Å². The van der Waals surface area contributed by atoms with Gasteiger partial charge in [0.25, 0.3) is 17.1 Å². The Morgan fingerprint density at radius 1 is 0.929 bits per heavy atom. The molecule has 4 rings (SSSR count). The van der Waals surface area contributed by atoms with E-state index in [-0.39, 0.29) is 41.7 Å². The first kappa shape index (κ1) is 30.5. The zero-order chi connectivity index (χ0) is 30.1. The van der Waals surface area contributed by atoms with Crippen molar-refractivity contribution in [1.82, 2.24) is 4.90 Å². The summed E-state index contributed by atoms with van der Waals surface area (Å²) in [5.41, 5.74) is 2.44. The second-order valence-electron chi connectivity index (χ2n) is 9.55. The van der Waals surface area contributed by atoms with E-state index in [0.717, 1.165) is 27.9 Å². The van der Waals surface area contributed by atoms with Gasteiger partial charge in [-0.25, -0.2) is 0 Å². The van der Waals surface area contributed by atoms with Crippen molar-refractivity contribution in [1.29, 1.82) is 0 Å². The molecule has 3 aromatic carbocycles. The molecule has 0 atom stereocenters. The van der Waals surface area contributed by atoms with E-state index in [0.29, 0.717) is 35.2 Å². The number of rotatable bonds is 13. The molecule has 0 bridgehead atoms. The molecule has 1 aliphatic heterocycles. The highest BCUT2D eigenvalue weighted by Gasteiger charge is 2.35. The van der Waals surface area contributed by atoms with Gasteiger partial charge in [-0.2, -0.15) is 0 Å². The van der Waals surface area contributed by atoms with Gasteiger partial charge in [-0.05, 0) is 72.1 Å². The second-order valence-corrected chi connectivity index (χ2v) is 10.5. The molecule has 0 aliphatic carbocycles. The number of nitrogens with zero attached hydrogens (tertiary/aromatic N) is 1. The Morgan fingerprint density at radius 2 is 1.64 bits per heavy atom. The Bertz CT molecular complexity index is 1470. The maximum Gasteiger partial charge on any atom is 0.293 e. The number of anilines is 1. The molecule has 1 aliphatic rings. The number of hydrogen-bond donors (Lipinski definition) is 1. The third-order valence-corrected chi connectivity index (χ3v) is 7.20. The van der Waals surface area contributed by atoms with Crippen molar-refractivity contribution in [2.75, 3.05) is 38.8 Å². The number of methoxy groups -OCH3 is 1. The topological polar surface area (TPSA) is 103 Å². The molecule has 3 aromatic rings. The average molecular weight is 591 g/mol. The highest BCUT2D eigenvalue weighted by atomic mass is 32.2. The summed E-state index contributed by atoms with van der Waals surface area (Å²) >= 11 is 0.865. The van der Waals surface area contributed by atoms with Crippen molar-refractivity contribution >= 4 is 40.6 Å². The van der Waals surface area contributed by atoms with Gasteiger partial charge in [0.2, 0.25) is 0 Å². The van der Waals surface area contributed by atoms with Crippen LogP contribution < -0.4 is 24.3 Å². The average Bonchev–Trinajstić information content (AvgIpc) is 3.24. The van der Waals surface area contributed by atoms with E-state index >= 15 is 0 Å². The zero-order valence-electron chi connectivity index (χ0n) is 24.0. The lowest BCUT2D eigenvalue weighted by Crippen LogP contribution is -2.32. The summed E-state index contributed by atoms with van der Waals surface area (Å²) in [5.74, 6) is 1.48. The van der Waals surface area contributed by atoms with Crippen LogP contribution in [0.15, 0.2) is 71.6 Å². The Labute approximate surface area is 249 Å². The van der Waals surface area contributed by atoms with E-state index < -0.39 is 5.91 Å². The molecule has 0 saturated carbocycles. The molecule has 0 unspecified atom stereocenters. The number of carbonyl (C=O) groups is 3. The van der Waals surface area contributed by atoms with Crippen LogP contribution in [-0.4, -0.2) is 55.4 Å². The van der Waals surface area contributed by atoms with Crippen molar-refractivity contribution in [2.45, 2.75) is 26.7 Å². The van der Waals surface area contributed by atoms with Crippen LogP contribution in [0.3, 0.4) is 0 Å². The Kier molecular flexibility index (Phi) is 10.5. The lowest BCUT2D eigenvalue weighted by molar-refractivity contribution is -0.123. The van der Waals surface area contributed by atoms with Crippen LogP contribution in [0.5, 0.6) is 23.0 Å². The summed E-state index contributed by atoms with van der Waals surface area (Å²) in [7, 11) is 1.55. The van der Waals surface area contributed by atoms with Crippen LogP contribution in [0, 0.1) is 0 Å². The van der Waals surface area contributed by atoms with Crippen molar-refractivity contribution in [3.8, 4) is 23.0 Å². The molecule has 42 heavy (non-hydrogen) atoms. The van der Waals surface area contributed by atoms with Crippen LogP contribution >= 0.6 is 11.8 Å². The number of hydrogen-bond acceptors (Lipinski definition) is 8. The molecule has 1 fully saturated rings. The number of imide groups is 1. The lowest BCUT2D eigenvalue weighted by Gasteiger charge is -2.15. The van der Waals surface area contributed by atoms with Gasteiger partial charge >= 0.3 is 0 Å². The van der Waals surface area contributed by atoms with Crippen molar-refractivity contribution in [3.05, 3.63) is 82.8 Å². The lowest BCUT2D eigenvalue weighted by atomic mass is 10.0. The smallest absolute Gasteiger partial charge is 0.293 e. The van der Waals surface area contributed by atoms with Crippen LogP contribution in [0.4, 0.5) is 10.5 Å². The number of para-hydroxylation sites is 3. The van der Waals surface area contributed by atoms with E-state index in [4.69, 9.17) is 18.9 Å². The van der Waals surface area contributed by atoms with E-state index in [1.54, 1.807) is 43.5 Å². The largest absolute Gasteiger partial charge is 0.493 e. The Balaban J connectivity index is 1.39. The summed E-state index contributed by atoms with van der Waals surface area (Å²) in [6, 6.07) is 20.0. The van der Waals surface area contributed by atoms with Crippen LogP contribution in [0.1, 0.15) is 37.8 Å². The van der Waals surface area contributed by atoms with Crippen molar-refractivity contribution < 1.29 is 33.3 Å². The number of ether oxygens (including phenoxy) is 4. The highest BCUT2D eigenvalue weighted by molar-refractivity contribution is 8.18. The number of carbonyl (C=O) groups excluding carboxylic acids is 3. The minimum absolute atomic E-state index is 0.0980.